The fraction of sp³-hybridized carbons (Fsp3) is 0.500. The highest BCUT2D eigenvalue weighted by Crippen LogP contribution is 2.36. The highest BCUT2D eigenvalue weighted by Gasteiger charge is 2.47. The van der Waals surface area contributed by atoms with Crippen LogP contribution in [0.1, 0.15) is 29.0 Å². The van der Waals surface area contributed by atoms with E-state index in [1.54, 1.807) is 0 Å². The standard InChI is InChI=1S/C18H22N2O3/c1-13-14-5-3-4-6-15(14)23-16(13)17(21)20-11-12-22-18(20)7-9-19(2)10-8-18/h3-6H,7-12H2,1-2H3. The molecule has 2 saturated heterocycles. The number of fused-ring (bicyclic) bond motifs is 1. The summed E-state index contributed by atoms with van der Waals surface area (Å²) in [6.45, 7) is 5.09. The van der Waals surface area contributed by atoms with E-state index in [0.717, 1.165) is 42.5 Å². The van der Waals surface area contributed by atoms with Gasteiger partial charge in [0.25, 0.3) is 5.91 Å². The number of rotatable bonds is 1. The van der Waals surface area contributed by atoms with Crippen LogP contribution >= 0.6 is 0 Å². The van der Waals surface area contributed by atoms with Crippen molar-refractivity contribution in [2.24, 2.45) is 0 Å². The monoisotopic (exact) mass is 314 g/mol. The minimum Gasteiger partial charge on any atom is -0.451 e. The molecule has 0 bridgehead atoms. The van der Waals surface area contributed by atoms with Crippen LogP contribution in [-0.2, 0) is 4.74 Å². The normalized spacial score (nSPS) is 21.4. The predicted octanol–water partition coefficient (Wildman–Crippen LogP) is 2.64. The SMILES string of the molecule is Cc1c(C(=O)N2CCOC23CCN(C)CC3)oc2ccccc12. The quantitative estimate of drug-likeness (QED) is 0.812. The van der Waals surface area contributed by atoms with Crippen LogP contribution in [0.5, 0.6) is 0 Å². The molecule has 0 saturated carbocycles. The van der Waals surface area contributed by atoms with Gasteiger partial charge in [-0.1, -0.05) is 18.2 Å². The van der Waals surface area contributed by atoms with Gasteiger partial charge in [0.05, 0.1) is 6.61 Å². The topological polar surface area (TPSA) is 45.9 Å². The molecule has 5 heteroatoms. The molecule has 1 aromatic carbocycles. The van der Waals surface area contributed by atoms with Gasteiger partial charge in [0.15, 0.2) is 5.76 Å². The number of carbonyl (C=O) groups excluding carboxylic acids is 1. The Hall–Kier alpha value is -1.85. The lowest BCUT2D eigenvalue weighted by Crippen LogP contribution is -2.54. The van der Waals surface area contributed by atoms with E-state index in [1.807, 2.05) is 36.1 Å². The smallest absolute Gasteiger partial charge is 0.292 e. The summed E-state index contributed by atoms with van der Waals surface area (Å²) in [4.78, 5) is 17.3. The van der Waals surface area contributed by atoms with Crippen LogP contribution in [0.25, 0.3) is 11.0 Å². The van der Waals surface area contributed by atoms with Crippen LogP contribution < -0.4 is 0 Å². The lowest BCUT2D eigenvalue weighted by Gasteiger charge is -2.42. The maximum absolute atomic E-state index is 13.1. The zero-order valence-corrected chi connectivity index (χ0v) is 13.7. The summed E-state index contributed by atoms with van der Waals surface area (Å²) in [5.74, 6) is 0.413. The Morgan fingerprint density at radius 3 is 2.65 bits per heavy atom. The molecule has 0 radical (unpaired) electrons. The van der Waals surface area contributed by atoms with Crippen LogP contribution in [-0.4, -0.2) is 54.7 Å². The average molecular weight is 314 g/mol. The van der Waals surface area contributed by atoms with E-state index in [-0.39, 0.29) is 5.91 Å². The van der Waals surface area contributed by atoms with Crippen molar-refractivity contribution >= 4 is 16.9 Å². The van der Waals surface area contributed by atoms with Gasteiger partial charge in [0.2, 0.25) is 0 Å². The number of furan rings is 1. The molecule has 23 heavy (non-hydrogen) atoms. The van der Waals surface area contributed by atoms with Gasteiger partial charge in [-0.3, -0.25) is 4.79 Å². The number of hydrogen-bond donors (Lipinski definition) is 0. The first-order chi connectivity index (χ1) is 11.1. The van der Waals surface area contributed by atoms with Crippen LogP contribution in [0.3, 0.4) is 0 Å². The summed E-state index contributed by atoms with van der Waals surface area (Å²) >= 11 is 0. The van der Waals surface area contributed by atoms with E-state index in [0.29, 0.717) is 18.9 Å². The molecule has 0 N–H and O–H groups in total. The summed E-state index contributed by atoms with van der Waals surface area (Å²) in [7, 11) is 2.11. The van der Waals surface area contributed by atoms with Crippen molar-refractivity contribution in [1.29, 1.82) is 0 Å². The van der Waals surface area contributed by atoms with Crippen molar-refractivity contribution < 1.29 is 13.9 Å². The summed E-state index contributed by atoms with van der Waals surface area (Å²) < 4.78 is 11.9. The number of amides is 1. The van der Waals surface area contributed by atoms with E-state index in [4.69, 9.17) is 9.15 Å². The number of carbonyl (C=O) groups is 1. The van der Waals surface area contributed by atoms with Gasteiger partial charge >= 0.3 is 0 Å². The Morgan fingerprint density at radius 1 is 1.17 bits per heavy atom. The van der Waals surface area contributed by atoms with Crippen molar-refractivity contribution in [3.8, 4) is 0 Å². The molecule has 2 aliphatic rings. The van der Waals surface area contributed by atoms with Crippen LogP contribution in [0.2, 0.25) is 0 Å². The summed E-state index contributed by atoms with van der Waals surface area (Å²) in [6.07, 6.45) is 1.71. The summed E-state index contributed by atoms with van der Waals surface area (Å²) in [5.41, 5.74) is 1.24. The number of benzene rings is 1. The zero-order valence-electron chi connectivity index (χ0n) is 13.7. The lowest BCUT2D eigenvalue weighted by atomic mass is 9.98. The first-order valence-corrected chi connectivity index (χ1v) is 8.23. The molecule has 2 fully saturated rings. The van der Waals surface area contributed by atoms with E-state index < -0.39 is 5.72 Å². The maximum atomic E-state index is 13.1. The molecule has 0 aliphatic carbocycles. The van der Waals surface area contributed by atoms with Crippen molar-refractivity contribution in [1.82, 2.24) is 9.80 Å². The number of ether oxygens (including phenoxy) is 1. The van der Waals surface area contributed by atoms with Crippen molar-refractivity contribution in [3.63, 3.8) is 0 Å². The molecular weight excluding hydrogens is 292 g/mol. The van der Waals surface area contributed by atoms with Crippen LogP contribution in [0, 0.1) is 6.92 Å². The fourth-order valence-electron chi connectivity index (χ4n) is 3.78. The zero-order chi connectivity index (χ0) is 16.0. The van der Waals surface area contributed by atoms with E-state index >= 15 is 0 Å². The Labute approximate surface area is 135 Å². The first-order valence-electron chi connectivity index (χ1n) is 8.23. The second-order valence-electron chi connectivity index (χ2n) is 6.61. The molecule has 1 amide bonds. The number of para-hydroxylation sites is 1. The average Bonchev–Trinajstić information content (AvgIpc) is 3.12. The molecule has 1 spiro atoms. The molecule has 4 rings (SSSR count). The largest absolute Gasteiger partial charge is 0.451 e. The molecule has 0 atom stereocenters. The van der Waals surface area contributed by atoms with Crippen molar-refractivity contribution in [3.05, 3.63) is 35.6 Å². The van der Waals surface area contributed by atoms with Crippen LogP contribution in [0.4, 0.5) is 0 Å². The van der Waals surface area contributed by atoms with E-state index in [9.17, 15) is 4.79 Å². The number of hydrogen-bond acceptors (Lipinski definition) is 4. The lowest BCUT2D eigenvalue weighted by molar-refractivity contribution is -0.103. The van der Waals surface area contributed by atoms with Gasteiger partial charge in [0.1, 0.15) is 11.3 Å². The van der Waals surface area contributed by atoms with Crippen LogP contribution in [0.15, 0.2) is 28.7 Å². The highest BCUT2D eigenvalue weighted by molar-refractivity contribution is 5.99. The maximum Gasteiger partial charge on any atom is 0.292 e. The minimum absolute atomic E-state index is 0.0410. The molecule has 3 heterocycles. The second-order valence-corrected chi connectivity index (χ2v) is 6.61. The Kier molecular flexibility index (Phi) is 3.43. The van der Waals surface area contributed by atoms with E-state index in [1.165, 1.54) is 0 Å². The Morgan fingerprint density at radius 2 is 1.91 bits per heavy atom. The van der Waals surface area contributed by atoms with Crippen molar-refractivity contribution in [2.45, 2.75) is 25.5 Å². The summed E-state index contributed by atoms with van der Waals surface area (Å²) in [6, 6.07) is 7.80. The van der Waals surface area contributed by atoms with E-state index in [2.05, 4.69) is 11.9 Å². The third kappa shape index (κ3) is 2.26. The number of nitrogens with zero attached hydrogens (tertiary/aromatic N) is 2. The van der Waals surface area contributed by atoms with Crippen molar-refractivity contribution in [2.75, 3.05) is 33.3 Å². The van der Waals surface area contributed by atoms with Gasteiger partial charge < -0.3 is 19.0 Å². The van der Waals surface area contributed by atoms with Gasteiger partial charge in [0, 0.05) is 43.4 Å². The Balaban J connectivity index is 1.68. The predicted molar refractivity (Wildman–Crippen MR) is 87.4 cm³/mol. The third-order valence-corrected chi connectivity index (χ3v) is 5.23. The highest BCUT2D eigenvalue weighted by atomic mass is 16.5. The molecular formula is C18H22N2O3. The van der Waals surface area contributed by atoms with Gasteiger partial charge in [-0.2, -0.15) is 0 Å². The minimum atomic E-state index is -0.449. The first kappa shape index (κ1) is 14.7. The number of aryl methyl sites for hydroxylation is 1. The fourth-order valence-corrected chi connectivity index (χ4v) is 3.78. The molecule has 2 aliphatic heterocycles. The van der Waals surface area contributed by atoms with Gasteiger partial charge in [-0.15, -0.1) is 0 Å². The molecule has 122 valence electrons. The summed E-state index contributed by atoms with van der Waals surface area (Å²) in [5, 5.41) is 1.01. The Bertz CT molecular complexity index is 744. The molecule has 0 unspecified atom stereocenters. The third-order valence-electron chi connectivity index (χ3n) is 5.23. The number of likely N-dealkylation sites (tertiary alicyclic amines) is 1. The van der Waals surface area contributed by atoms with Gasteiger partial charge in [-0.05, 0) is 20.0 Å². The second kappa shape index (κ2) is 5.35. The molecule has 1 aromatic heterocycles. The molecule has 2 aromatic rings. The molecule has 5 nitrogen and oxygen atoms in total. The number of piperidine rings is 1. The van der Waals surface area contributed by atoms with Gasteiger partial charge in [-0.25, -0.2) is 0 Å².